The molecule has 0 saturated heterocycles. The first-order valence-corrected chi connectivity index (χ1v) is 5.60. The molecule has 0 amide bonds. The van der Waals surface area contributed by atoms with Crippen LogP contribution in [0.3, 0.4) is 0 Å². The monoisotopic (exact) mass is 215 g/mol. The van der Waals surface area contributed by atoms with Crippen molar-refractivity contribution in [2.45, 2.75) is 32.9 Å². The first-order chi connectivity index (χ1) is 7.19. The molecule has 0 radical (unpaired) electrons. The van der Waals surface area contributed by atoms with Gasteiger partial charge in [-0.2, -0.15) is 0 Å². The lowest BCUT2D eigenvalue weighted by atomic mass is 10.0. The summed E-state index contributed by atoms with van der Waals surface area (Å²) in [5, 5.41) is 0. The normalized spacial score (nSPS) is 21.5. The Kier molecular flexibility index (Phi) is 4.95. The van der Waals surface area contributed by atoms with Crippen molar-refractivity contribution in [1.29, 1.82) is 0 Å². The van der Waals surface area contributed by atoms with Crippen molar-refractivity contribution in [1.82, 2.24) is 4.90 Å². The van der Waals surface area contributed by atoms with Gasteiger partial charge in [0.15, 0.2) is 0 Å². The minimum absolute atomic E-state index is 0.312. The average molecular weight is 215 g/mol. The third-order valence-corrected chi connectivity index (χ3v) is 2.67. The maximum atomic E-state index is 13.5. The molecular formula is C12H19F2N. The van der Waals surface area contributed by atoms with Gasteiger partial charge in [0.25, 0.3) is 0 Å². The average Bonchev–Trinajstić information content (AvgIpc) is 2.22. The number of halogens is 2. The van der Waals surface area contributed by atoms with Crippen LogP contribution in [-0.2, 0) is 0 Å². The van der Waals surface area contributed by atoms with Gasteiger partial charge in [0, 0.05) is 18.5 Å². The maximum absolute atomic E-state index is 13.5. The van der Waals surface area contributed by atoms with E-state index >= 15 is 0 Å². The molecule has 1 aliphatic carbocycles. The Morgan fingerprint density at radius 1 is 1.47 bits per heavy atom. The number of allylic oxidation sites excluding steroid dienone is 3. The van der Waals surface area contributed by atoms with Crippen LogP contribution in [0.15, 0.2) is 23.6 Å². The smallest absolute Gasteiger partial charge is 0.129 e. The lowest BCUT2D eigenvalue weighted by molar-refractivity contribution is 0.277. The summed E-state index contributed by atoms with van der Waals surface area (Å²) in [6.45, 7) is 6.23. The molecule has 0 aliphatic heterocycles. The van der Waals surface area contributed by atoms with Gasteiger partial charge < -0.3 is 0 Å². The summed E-state index contributed by atoms with van der Waals surface area (Å²) >= 11 is 0. The van der Waals surface area contributed by atoms with E-state index in [0.29, 0.717) is 18.5 Å². The summed E-state index contributed by atoms with van der Waals surface area (Å²) in [5.41, 5.74) is 0.313. The quantitative estimate of drug-likeness (QED) is 0.680. The van der Waals surface area contributed by atoms with E-state index in [1.165, 1.54) is 6.08 Å². The summed E-state index contributed by atoms with van der Waals surface area (Å²) < 4.78 is 26.8. The zero-order valence-electron chi connectivity index (χ0n) is 9.47. The van der Waals surface area contributed by atoms with E-state index in [0.717, 1.165) is 19.5 Å². The van der Waals surface area contributed by atoms with Crippen LogP contribution in [0, 0.1) is 0 Å². The van der Waals surface area contributed by atoms with Crippen molar-refractivity contribution in [3.63, 3.8) is 0 Å². The van der Waals surface area contributed by atoms with Gasteiger partial charge in [0.1, 0.15) is 12.0 Å². The molecule has 0 bridgehead atoms. The summed E-state index contributed by atoms with van der Waals surface area (Å²) in [7, 11) is 0. The van der Waals surface area contributed by atoms with E-state index in [9.17, 15) is 8.78 Å². The third-order valence-electron chi connectivity index (χ3n) is 2.67. The molecule has 3 heteroatoms. The van der Waals surface area contributed by atoms with Crippen molar-refractivity contribution >= 4 is 0 Å². The molecule has 1 nitrogen and oxygen atoms in total. The Hall–Kier alpha value is -0.700. The predicted octanol–water partition coefficient (Wildman–Crippen LogP) is 3.24. The fourth-order valence-corrected chi connectivity index (χ4v) is 1.77. The second kappa shape index (κ2) is 6.01. The van der Waals surface area contributed by atoms with Crippen LogP contribution in [0.2, 0.25) is 0 Å². The summed E-state index contributed by atoms with van der Waals surface area (Å²) in [5.74, 6) is -0.386. The lowest BCUT2D eigenvalue weighted by Gasteiger charge is -2.24. The minimum atomic E-state index is -1.14. The second-order valence-electron chi connectivity index (χ2n) is 3.85. The van der Waals surface area contributed by atoms with Gasteiger partial charge in [0.05, 0.1) is 0 Å². The number of rotatable bonds is 5. The standard InChI is InChI=1S/C12H19F2N/c1-3-8-15(4-2)9-10-11(13)6-5-7-12(10)14/h5-6,12H,3-4,7-9H2,1-2H3. The van der Waals surface area contributed by atoms with E-state index in [2.05, 4.69) is 11.8 Å². The van der Waals surface area contributed by atoms with Crippen molar-refractivity contribution < 1.29 is 8.78 Å². The summed E-state index contributed by atoms with van der Waals surface area (Å²) in [6.07, 6.45) is 3.12. The van der Waals surface area contributed by atoms with E-state index in [4.69, 9.17) is 0 Å². The van der Waals surface area contributed by atoms with Gasteiger partial charge in [-0.1, -0.05) is 19.9 Å². The molecule has 0 saturated carbocycles. The third kappa shape index (κ3) is 3.42. The molecule has 1 unspecified atom stereocenters. The molecule has 0 heterocycles. The number of likely N-dealkylation sites (N-methyl/N-ethyl adjacent to an activating group) is 1. The molecule has 1 aliphatic rings. The minimum Gasteiger partial charge on any atom is -0.299 e. The highest BCUT2D eigenvalue weighted by molar-refractivity contribution is 5.28. The van der Waals surface area contributed by atoms with Crippen LogP contribution >= 0.6 is 0 Å². The van der Waals surface area contributed by atoms with Crippen molar-refractivity contribution in [3.05, 3.63) is 23.6 Å². The summed E-state index contributed by atoms with van der Waals surface area (Å²) in [6, 6.07) is 0. The van der Waals surface area contributed by atoms with Crippen LogP contribution in [0.4, 0.5) is 8.78 Å². The highest BCUT2D eigenvalue weighted by Gasteiger charge is 2.21. The summed E-state index contributed by atoms with van der Waals surface area (Å²) in [4.78, 5) is 2.07. The van der Waals surface area contributed by atoms with Crippen LogP contribution < -0.4 is 0 Å². The Balaban J connectivity index is 2.65. The molecule has 0 aromatic carbocycles. The van der Waals surface area contributed by atoms with Gasteiger partial charge in [-0.25, -0.2) is 8.78 Å². The number of hydrogen-bond acceptors (Lipinski definition) is 1. The Bertz CT molecular complexity index is 258. The zero-order valence-corrected chi connectivity index (χ0v) is 9.47. The fourth-order valence-electron chi connectivity index (χ4n) is 1.77. The van der Waals surface area contributed by atoms with Gasteiger partial charge in [0.2, 0.25) is 0 Å². The molecule has 0 fully saturated rings. The maximum Gasteiger partial charge on any atom is 0.129 e. The highest BCUT2D eigenvalue weighted by Crippen LogP contribution is 2.24. The largest absolute Gasteiger partial charge is 0.299 e. The first kappa shape index (κ1) is 12.4. The first-order valence-electron chi connectivity index (χ1n) is 5.60. The molecule has 86 valence electrons. The Morgan fingerprint density at radius 3 is 2.73 bits per heavy atom. The van der Waals surface area contributed by atoms with E-state index in [1.807, 2.05) is 6.92 Å². The van der Waals surface area contributed by atoms with E-state index in [-0.39, 0.29) is 5.83 Å². The molecular weight excluding hydrogens is 196 g/mol. The number of hydrogen-bond donors (Lipinski definition) is 0. The van der Waals surface area contributed by atoms with Crippen molar-refractivity contribution in [2.75, 3.05) is 19.6 Å². The highest BCUT2D eigenvalue weighted by atomic mass is 19.1. The SMILES string of the molecule is CCCN(CC)CC1=C(F)C=CCC1F. The fraction of sp³-hybridized carbons (Fsp3) is 0.667. The Labute approximate surface area is 90.5 Å². The van der Waals surface area contributed by atoms with Crippen LogP contribution in [-0.4, -0.2) is 30.7 Å². The van der Waals surface area contributed by atoms with Crippen LogP contribution in [0.1, 0.15) is 26.7 Å². The molecule has 1 rings (SSSR count). The molecule has 0 N–H and O–H groups in total. The van der Waals surface area contributed by atoms with Gasteiger partial charge in [-0.05, 0) is 25.6 Å². The number of nitrogens with zero attached hydrogens (tertiary/aromatic N) is 1. The molecule has 0 aromatic rings. The van der Waals surface area contributed by atoms with E-state index < -0.39 is 6.17 Å². The van der Waals surface area contributed by atoms with Crippen molar-refractivity contribution in [3.8, 4) is 0 Å². The lowest BCUT2D eigenvalue weighted by Crippen LogP contribution is -2.30. The van der Waals surface area contributed by atoms with Crippen molar-refractivity contribution in [2.24, 2.45) is 0 Å². The molecule has 1 atom stereocenters. The van der Waals surface area contributed by atoms with Gasteiger partial charge >= 0.3 is 0 Å². The molecule has 0 aromatic heterocycles. The van der Waals surface area contributed by atoms with Crippen LogP contribution in [0.25, 0.3) is 0 Å². The Morgan fingerprint density at radius 2 is 2.20 bits per heavy atom. The topological polar surface area (TPSA) is 3.24 Å². The van der Waals surface area contributed by atoms with E-state index in [1.54, 1.807) is 6.08 Å². The number of alkyl halides is 1. The zero-order chi connectivity index (χ0) is 11.3. The van der Waals surface area contributed by atoms with Gasteiger partial charge in [-0.15, -0.1) is 0 Å². The second-order valence-corrected chi connectivity index (χ2v) is 3.85. The predicted molar refractivity (Wildman–Crippen MR) is 59.2 cm³/mol. The van der Waals surface area contributed by atoms with Crippen LogP contribution in [0.5, 0.6) is 0 Å². The van der Waals surface area contributed by atoms with Gasteiger partial charge in [-0.3, -0.25) is 4.90 Å². The molecule has 0 spiro atoms. The molecule has 15 heavy (non-hydrogen) atoms.